The Bertz CT molecular complexity index is 217. The van der Waals surface area contributed by atoms with Gasteiger partial charge < -0.3 is 19.7 Å². The molecule has 16 heavy (non-hydrogen) atoms. The second-order valence-corrected chi connectivity index (χ2v) is 4.82. The molecule has 0 aliphatic carbocycles. The van der Waals surface area contributed by atoms with E-state index in [1.54, 1.807) is 0 Å². The summed E-state index contributed by atoms with van der Waals surface area (Å²) in [5.74, 6) is 0.0537. The van der Waals surface area contributed by atoms with Crippen LogP contribution < -0.4 is 0 Å². The van der Waals surface area contributed by atoms with E-state index in [2.05, 4.69) is 0 Å². The zero-order chi connectivity index (χ0) is 11.5. The number of fused-ring (bicyclic) bond motifs is 7. The highest BCUT2D eigenvalue weighted by atomic mass is 16.7. The lowest BCUT2D eigenvalue weighted by atomic mass is 9.83. The zero-order valence-electron chi connectivity index (χ0n) is 9.84. The van der Waals surface area contributed by atoms with E-state index in [0.717, 1.165) is 32.1 Å². The van der Waals surface area contributed by atoms with E-state index >= 15 is 0 Å². The molecule has 3 aliphatic rings. The highest BCUT2D eigenvalue weighted by molar-refractivity contribution is 4.89. The summed E-state index contributed by atoms with van der Waals surface area (Å²) in [5, 5.41) is 20.0. The van der Waals surface area contributed by atoms with E-state index < -0.39 is 18.5 Å². The van der Waals surface area contributed by atoms with Crippen LogP contribution in [0.1, 0.15) is 39.0 Å². The minimum atomic E-state index is -0.897. The van der Waals surface area contributed by atoms with Gasteiger partial charge in [0.25, 0.3) is 0 Å². The smallest absolute Gasteiger partial charge is 0.186 e. The fraction of sp³-hybridized carbons (Fsp3) is 1.00. The van der Waals surface area contributed by atoms with Crippen LogP contribution in [0.15, 0.2) is 0 Å². The van der Waals surface area contributed by atoms with Crippen molar-refractivity contribution in [1.29, 1.82) is 0 Å². The molecule has 3 rings (SSSR count). The number of hydrogen-bond donors (Lipinski definition) is 2. The predicted molar refractivity (Wildman–Crippen MR) is 58.9 cm³/mol. The van der Waals surface area contributed by atoms with Crippen LogP contribution in [-0.4, -0.2) is 41.4 Å². The van der Waals surface area contributed by atoms with Crippen molar-refractivity contribution in [3.8, 4) is 0 Å². The first kappa shape index (κ1) is 12.3. The highest BCUT2D eigenvalue weighted by Crippen LogP contribution is 2.33. The Morgan fingerprint density at radius 2 is 1.94 bits per heavy atom. The standard InChI is InChI=1S/C12H22O4/c1-2-9-8-6-4-3-5-7-15-12(16-9)11(14)10(8)13/h8-14H,2-7H2,1H3/t8-,9-,10?,11?,12+/m1/s1. The summed E-state index contributed by atoms with van der Waals surface area (Å²) < 4.78 is 11.2. The van der Waals surface area contributed by atoms with E-state index in [-0.39, 0.29) is 12.0 Å². The molecule has 4 nitrogen and oxygen atoms in total. The van der Waals surface area contributed by atoms with Gasteiger partial charge in [-0.15, -0.1) is 0 Å². The fourth-order valence-corrected chi connectivity index (χ4v) is 2.74. The Kier molecular flexibility index (Phi) is 4.19. The number of hydrogen-bond acceptors (Lipinski definition) is 4. The lowest BCUT2D eigenvalue weighted by molar-refractivity contribution is -0.288. The van der Waals surface area contributed by atoms with Crippen molar-refractivity contribution in [2.75, 3.05) is 6.61 Å². The quantitative estimate of drug-likeness (QED) is 0.707. The molecular weight excluding hydrogens is 208 g/mol. The van der Waals surface area contributed by atoms with Gasteiger partial charge in [0.15, 0.2) is 6.29 Å². The second kappa shape index (κ2) is 5.45. The topological polar surface area (TPSA) is 58.9 Å². The van der Waals surface area contributed by atoms with Gasteiger partial charge in [0.2, 0.25) is 0 Å². The van der Waals surface area contributed by atoms with Crippen molar-refractivity contribution in [3.63, 3.8) is 0 Å². The van der Waals surface area contributed by atoms with Gasteiger partial charge in [0.05, 0.1) is 12.2 Å². The average molecular weight is 230 g/mol. The van der Waals surface area contributed by atoms with Gasteiger partial charge in [-0.3, -0.25) is 0 Å². The summed E-state index contributed by atoms with van der Waals surface area (Å²) in [6.07, 6.45) is 2.76. The highest BCUT2D eigenvalue weighted by Gasteiger charge is 2.43. The van der Waals surface area contributed by atoms with E-state index in [9.17, 15) is 10.2 Å². The van der Waals surface area contributed by atoms with Crippen LogP contribution in [0, 0.1) is 5.92 Å². The summed E-state index contributed by atoms with van der Waals surface area (Å²) in [6.45, 7) is 2.65. The molecule has 3 aliphatic heterocycles. The lowest BCUT2D eigenvalue weighted by Crippen LogP contribution is -2.55. The number of aliphatic hydroxyl groups is 2. The van der Waals surface area contributed by atoms with E-state index in [1.165, 1.54) is 0 Å². The maximum Gasteiger partial charge on any atom is 0.186 e. The molecule has 4 heteroatoms. The van der Waals surface area contributed by atoms with Crippen molar-refractivity contribution < 1.29 is 19.7 Å². The summed E-state index contributed by atoms with van der Waals surface area (Å²) in [7, 11) is 0. The SMILES string of the molecule is CC[C@H]1O[C@@H]2OCCCCC[C@H]1C(O)C2O. The zero-order valence-corrected chi connectivity index (χ0v) is 9.84. The molecule has 0 saturated carbocycles. The van der Waals surface area contributed by atoms with Gasteiger partial charge in [-0.05, 0) is 19.3 Å². The fourth-order valence-electron chi connectivity index (χ4n) is 2.74. The Hall–Kier alpha value is -0.160. The molecule has 94 valence electrons. The van der Waals surface area contributed by atoms with Gasteiger partial charge >= 0.3 is 0 Å². The van der Waals surface area contributed by atoms with E-state index in [1.807, 2.05) is 6.92 Å². The van der Waals surface area contributed by atoms with Crippen molar-refractivity contribution in [3.05, 3.63) is 0 Å². The molecule has 0 aromatic rings. The molecule has 2 N–H and O–H groups in total. The normalized spacial score (nSPS) is 45.6. The molecule has 0 radical (unpaired) electrons. The monoisotopic (exact) mass is 230 g/mol. The molecule has 0 spiro atoms. The lowest BCUT2D eigenvalue weighted by Gasteiger charge is -2.43. The van der Waals surface area contributed by atoms with Crippen LogP contribution in [0.2, 0.25) is 0 Å². The molecule has 3 fully saturated rings. The van der Waals surface area contributed by atoms with Crippen LogP contribution in [0.5, 0.6) is 0 Å². The van der Waals surface area contributed by atoms with Gasteiger partial charge in [0, 0.05) is 12.5 Å². The van der Waals surface area contributed by atoms with E-state index in [0.29, 0.717) is 6.61 Å². The van der Waals surface area contributed by atoms with Crippen molar-refractivity contribution >= 4 is 0 Å². The van der Waals surface area contributed by atoms with Gasteiger partial charge in [-0.2, -0.15) is 0 Å². The Morgan fingerprint density at radius 3 is 2.69 bits per heavy atom. The second-order valence-electron chi connectivity index (χ2n) is 4.82. The summed E-state index contributed by atoms with van der Waals surface area (Å²) in [5.41, 5.74) is 0. The molecule has 3 saturated heterocycles. The van der Waals surface area contributed by atoms with Crippen LogP contribution in [0.4, 0.5) is 0 Å². The third-order valence-corrected chi connectivity index (χ3v) is 3.72. The van der Waals surface area contributed by atoms with E-state index in [4.69, 9.17) is 9.47 Å². The molecular formula is C12H22O4. The molecule has 2 bridgehead atoms. The maximum atomic E-state index is 10.1. The number of ether oxygens (including phenoxy) is 2. The molecule has 0 aromatic carbocycles. The minimum absolute atomic E-state index is 0.0153. The molecule has 5 atom stereocenters. The third-order valence-electron chi connectivity index (χ3n) is 3.72. The molecule has 2 unspecified atom stereocenters. The number of rotatable bonds is 1. The molecule has 3 heterocycles. The van der Waals surface area contributed by atoms with Crippen LogP contribution in [-0.2, 0) is 9.47 Å². The summed E-state index contributed by atoms with van der Waals surface area (Å²) in [6, 6.07) is 0. The molecule has 0 aromatic heterocycles. The van der Waals surface area contributed by atoms with Gasteiger partial charge in [-0.25, -0.2) is 0 Å². The first-order valence-electron chi connectivity index (χ1n) is 6.37. The van der Waals surface area contributed by atoms with Crippen molar-refractivity contribution in [2.45, 2.75) is 63.6 Å². The van der Waals surface area contributed by atoms with Crippen molar-refractivity contribution in [1.82, 2.24) is 0 Å². The van der Waals surface area contributed by atoms with Gasteiger partial charge in [0.1, 0.15) is 6.10 Å². The average Bonchev–Trinajstić information content (AvgIpc) is 2.31. The Morgan fingerprint density at radius 1 is 1.12 bits per heavy atom. The Labute approximate surface area is 96.6 Å². The molecule has 0 amide bonds. The number of aliphatic hydroxyl groups excluding tert-OH is 2. The third kappa shape index (κ3) is 2.40. The Balaban J connectivity index is 2.12. The predicted octanol–water partition coefficient (Wildman–Crippen LogP) is 1.05. The van der Waals surface area contributed by atoms with Crippen LogP contribution in [0.25, 0.3) is 0 Å². The minimum Gasteiger partial charge on any atom is -0.390 e. The van der Waals surface area contributed by atoms with Crippen LogP contribution >= 0.6 is 0 Å². The maximum absolute atomic E-state index is 10.1. The first-order valence-corrected chi connectivity index (χ1v) is 6.37. The van der Waals surface area contributed by atoms with Crippen LogP contribution in [0.3, 0.4) is 0 Å². The van der Waals surface area contributed by atoms with Crippen molar-refractivity contribution in [2.24, 2.45) is 5.92 Å². The largest absolute Gasteiger partial charge is 0.390 e. The summed E-state index contributed by atoms with van der Waals surface area (Å²) in [4.78, 5) is 0. The van der Waals surface area contributed by atoms with Gasteiger partial charge in [-0.1, -0.05) is 19.8 Å². The first-order chi connectivity index (χ1) is 7.74. The summed E-state index contributed by atoms with van der Waals surface area (Å²) >= 11 is 0.